The summed E-state index contributed by atoms with van der Waals surface area (Å²) in [7, 11) is 0. The third-order valence-corrected chi connectivity index (χ3v) is 4.82. The molecule has 1 saturated carbocycles. The van der Waals surface area contributed by atoms with Gasteiger partial charge in [-0.05, 0) is 30.4 Å². The molecule has 1 nitrogen and oxygen atoms in total. The first-order valence-electron chi connectivity index (χ1n) is 7.24. The van der Waals surface area contributed by atoms with Crippen molar-refractivity contribution in [2.24, 2.45) is 11.8 Å². The molecule has 3 heteroatoms. The quantitative estimate of drug-likeness (QED) is 0.857. The van der Waals surface area contributed by atoms with Gasteiger partial charge in [0.15, 0.2) is 0 Å². The molecule has 2 rings (SSSR count). The van der Waals surface area contributed by atoms with Gasteiger partial charge in [-0.15, -0.1) is 0 Å². The zero-order valence-corrected chi connectivity index (χ0v) is 12.2. The molecule has 106 valence electrons. The second kappa shape index (κ2) is 6.71. The van der Waals surface area contributed by atoms with Crippen molar-refractivity contribution in [3.05, 3.63) is 34.6 Å². The Labute approximate surface area is 119 Å². The van der Waals surface area contributed by atoms with Gasteiger partial charge in [-0.2, -0.15) is 0 Å². The summed E-state index contributed by atoms with van der Waals surface area (Å²) >= 11 is 6.03. The number of hydrogen-bond donors (Lipinski definition) is 1. The molecule has 0 aromatic heterocycles. The van der Waals surface area contributed by atoms with Crippen molar-refractivity contribution in [2.45, 2.75) is 51.6 Å². The molecule has 1 aliphatic rings. The molecule has 0 spiro atoms. The van der Waals surface area contributed by atoms with E-state index in [2.05, 4.69) is 6.92 Å². The van der Waals surface area contributed by atoms with Gasteiger partial charge < -0.3 is 5.11 Å². The fraction of sp³-hybridized carbons (Fsp3) is 0.625. The largest absolute Gasteiger partial charge is 0.392 e. The average molecular weight is 285 g/mol. The number of halogens is 2. The second-order valence-corrected chi connectivity index (χ2v) is 6.00. The summed E-state index contributed by atoms with van der Waals surface area (Å²) in [5.41, 5.74) is 0.456. The Balaban J connectivity index is 2.09. The number of rotatable bonds is 4. The van der Waals surface area contributed by atoms with Crippen LogP contribution < -0.4 is 0 Å². The maximum absolute atomic E-state index is 13.8. The van der Waals surface area contributed by atoms with Crippen molar-refractivity contribution in [2.75, 3.05) is 0 Å². The van der Waals surface area contributed by atoms with Gasteiger partial charge in [0.25, 0.3) is 0 Å². The Morgan fingerprint density at radius 3 is 2.79 bits per heavy atom. The Morgan fingerprint density at radius 2 is 2.11 bits per heavy atom. The molecular formula is C16H22ClFO. The Bertz CT molecular complexity index is 401. The van der Waals surface area contributed by atoms with E-state index in [0.29, 0.717) is 22.9 Å². The van der Waals surface area contributed by atoms with E-state index in [1.807, 2.05) is 0 Å². The predicted octanol–water partition coefficient (Wildman–Crippen LogP) is 4.60. The zero-order chi connectivity index (χ0) is 13.8. The highest BCUT2D eigenvalue weighted by molar-refractivity contribution is 6.31. The van der Waals surface area contributed by atoms with Crippen molar-refractivity contribution in [3.8, 4) is 0 Å². The van der Waals surface area contributed by atoms with Crippen LogP contribution in [0.5, 0.6) is 0 Å². The fourth-order valence-corrected chi connectivity index (χ4v) is 3.58. The zero-order valence-electron chi connectivity index (χ0n) is 11.4. The topological polar surface area (TPSA) is 20.2 Å². The van der Waals surface area contributed by atoms with E-state index in [0.717, 1.165) is 12.8 Å². The molecule has 0 amide bonds. The third kappa shape index (κ3) is 3.49. The number of aliphatic hydroxyl groups is 1. The molecule has 1 aromatic carbocycles. The van der Waals surface area contributed by atoms with E-state index in [9.17, 15) is 9.50 Å². The second-order valence-electron chi connectivity index (χ2n) is 5.59. The molecule has 0 saturated heterocycles. The van der Waals surface area contributed by atoms with Crippen LogP contribution in [-0.4, -0.2) is 11.2 Å². The molecule has 0 radical (unpaired) electrons. The van der Waals surface area contributed by atoms with Gasteiger partial charge in [-0.25, -0.2) is 4.39 Å². The molecule has 0 aliphatic heterocycles. The van der Waals surface area contributed by atoms with Crippen molar-refractivity contribution in [3.63, 3.8) is 0 Å². The summed E-state index contributed by atoms with van der Waals surface area (Å²) in [5, 5.41) is 10.9. The van der Waals surface area contributed by atoms with Crippen LogP contribution >= 0.6 is 11.6 Å². The van der Waals surface area contributed by atoms with Crippen molar-refractivity contribution in [1.82, 2.24) is 0 Å². The Morgan fingerprint density at radius 1 is 1.37 bits per heavy atom. The van der Waals surface area contributed by atoms with E-state index in [4.69, 9.17) is 11.6 Å². The van der Waals surface area contributed by atoms with E-state index >= 15 is 0 Å². The minimum Gasteiger partial charge on any atom is -0.392 e. The van der Waals surface area contributed by atoms with Gasteiger partial charge in [0.05, 0.1) is 6.10 Å². The van der Waals surface area contributed by atoms with E-state index in [1.54, 1.807) is 12.1 Å². The lowest BCUT2D eigenvalue weighted by atomic mass is 9.74. The Kier molecular flexibility index (Phi) is 5.23. The van der Waals surface area contributed by atoms with Crippen molar-refractivity contribution in [1.29, 1.82) is 0 Å². The van der Waals surface area contributed by atoms with Crippen LogP contribution in [0.25, 0.3) is 0 Å². The molecule has 1 N–H and O–H groups in total. The molecule has 0 heterocycles. The van der Waals surface area contributed by atoms with Gasteiger partial charge in [0.1, 0.15) is 5.82 Å². The lowest BCUT2D eigenvalue weighted by Gasteiger charge is -2.34. The van der Waals surface area contributed by atoms with Crippen LogP contribution in [0.3, 0.4) is 0 Å². The van der Waals surface area contributed by atoms with E-state index in [-0.39, 0.29) is 11.7 Å². The molecule has 1 aliphatic carbocycles. The molecule has 19 heavy (non-hydrogen) atoms. The standard InChI is InChI=1S/C16H22ClFO/c1-2-11-6-3-4-7-12(11)16(19)10-13-14(17)8-5-9-15(13)18/h5,8-9,11-12,16,19H,2-4,6-7,10H2,1H3. The number of hydrogen-bond acceptors (Lipinski definition) is 1. The summed E-state index contributed by atoms with van der Waals surface area (Å²) in [6, 6.07) is 4.69. The van der Waals surface area contributed by atoms with Crippen molar-refractivity contribution >= 4 is 11.6 Å². The minimum absolute atomic E-state index is 0.287. The smallest absolute Gasteiger partial charge is 0.127 e. The Hall–Kier alpha value is -0.600. The van der Waals surface area contributed by atoms with Gasteiger partial charge in [0, 0.05) is 17.0 Å². The van der Waals surface area contributed by atoms with Crippen molar-refractivity contribution < 1.29 is 9.50 Å². The molecular weight excluding hydrogens is 263 g/mol. The third-order valence-electron chi connectivity index (χ3n) is 4.46. The van der Waals surface area contributed by atoms with Crippen LogP contribution in [0.4, 0.5) is 4.39 Å². The first-order valence-corrected chi connectivity index (χ1v) is 7.62. The first-order chi connectivity index (χ1) is 9.13. The summed E-state index contributed by atoms with van der Waals surface area (Å²) in [6.07, 6.45) is 5.58. The van der Waals surface area contributed by atoms with Crippen LogP contribution in [0.1, 0.15) is 44.6 Å². The monoisotopic (exact) mass is 284 g/mol. The molecule has 3 unspecified atom stereocenters. The summed E-state index contributed by atoms with van der Waals surface area (Å²) in [4.78, 5) is 0. The lowest BCUT2D eigenvalue weighted by molar-refractivity contribution is 0.0459. The highest BCUT2D eigenvalue weighted by Crippen LogP contribution is 2.36. The van der Waals surface area contributed by atoms with Gasteiger partial charge in [-0.3, -0.25) is 0 Å². The minimum atomic E-state index is -0.486. The van der Waals surface area contributed by atoms with Crippen LogP contribution in [-0.2, 0) is 6.42 Å². The highest BCUT2D eigenvalue weighted by Gasteiger charge is 2.30. The predicted molar refractivity (Wildman–Crippen MR) is 76.9 cm³/mol. The fourth-order valence-electron chi connectivity index (χ4n) is 3.34. The van der Waals surface area contributed by atoms with Crippen LogP contribution in [0, 0.1) is 17.7 Å². The van der Waals surface area contributed by atoms with E-state index < -0.39 is 6.10 Å². The molecule has 3 atom stereocenters. The molecule has 1 aromatic rings. The maximum Gasteiger partial charge on any atom is 0.127 e. The summed E-state index contributed by atoms with van der Waals surface area (Å²) < 4.78 is 13.8. The molecule has 0 bridgehead atoms. The summed E-state index contributed by atoms with van der Waals surface area (Å²) in [5.74, 6) is 0.541. The average Bonchev–Trinajstić information content (AvgIpc) is 2.42. The van der Waals surface area contributed by atoms with Crippen LogP contribution in [0.2, 0.25) is 5.02 Å². The molecule has 1 fully saturated rings. The van der Waals surface area contributed by atoms with E-state index in [1.165, 1.54) is 25.3 Å². The highest BCUT2D eigenvalue weighted by atomic mass is 35.5. The number of aliphatic hydroxyl groups excluding tert-OH is 1. The van der Waals surface area contributed by atoms with Gasteiger partial charge >= 0.3 is 0 Å². The maximum atomic E-state index is 13.8. The van der Waals surface area contributed by atoms with Crippen LogP contribution in [0.15, 0.2) is 18.2 Å². The first kappa shape index (κ1) is 14.8. The SMILES string of the molecule is CCC1CCCCC1C(O)Cc1c(F)cccc1Cl. The van der Waals surface area contributed by atoms with Gasteiger partial charge in [-0.1, -0.05) is 50.3 Å². The summed E-state index contributed by atoms with van der Waals surface area (Å²) in [6.45, 7) is 2.17. The lowest BCUT2D eigenvalue weighted by Crippen LogP contribution is -2.32. The van der Waals surface area contributed by atoms with Gasteiger partial charge in [0.2, 0.25) is 0 Å². The normalized spacial score (nSPS) is 25.3. The number of benzene rings is 1.